The Morgan fingerprint density at radius 1 is 1.12 bits per heavy atom. The van der Waals surface area contributed by atoms with E-state index in [-0.39, 0.29) is 11.8 Å². The minimum absolute atomic E-state index is 0.193. The van der Waals surface area contributed by atoms with Crippen LogP contribution in [-0.4, -0.2) is 16.0 Å². The maximum absolute atomic E-state index is 12.5. The van der Waals surface area contributed by atoms with Gasteiger partial charge in [-0.1, -0.05) is 45.0 Å². The molecule has 3 aromatic rings. The summed E-state index contributed by atoms with van der Waals surface area (Å²) in [6.45, 7) is 8.30. The first-order valence-electron chi connectivity index (χ1n) is 8.12. The maximum atomic E-state index is 12.5. The van der Waals surface area contributed by atoms with Gasteiger partial charge in [-0.15, -0.1) is 0 Å². The van der Waals surface area contributed by atoms with Crippen LogP contribution in [0.4, 0.5) is 5.69 Å². The van der Waals surface area contributed by atoms with Crippen LogP contribution in [0, 0.1) is 0 Å². The fourth-order valence-corrected chi connectivity index (χ4v) is 2.57. The van der Waals surface area contributed by atoms with Crippen molar-refractivity contribution in [1.29, 1.82) is 0 Å². The first kappa shape index (κ1) is 16.2. The third-order valence-electron chi connectivity index (χ3n) is 3.98. The Labute approximate surface area is 141 Å². The van der Waals surface area contributed by atoms with E-state index in [0.29, 0.717) is 17.2 Å². The van der Waals surface area contributed by atoms with Gasteiger partial charge in [0.1, 0.15) is 0 Å². The maximum Gasteiger partial charge on any atom is 0.257 e. The molecule has 0 saturated carbocycles. The predicted molar refractivity (Wildman–Crippen MR) is 94.4 cm³/mol. The number of pyridine rings is 1. The second-order valence-corrected chi connectivity index (χ2v) is 6.53. The molecule has 0 radical (unpaired) electrons. The normalized spacial score (nSPS) is 11.4. The molecule has 0 atom stereocenters. The average Bonchev–Trinajstić information content (AvgIpc) is 2.98. The van der Waals surface area contributed by atoms with Crippen molar-refractivity contribution in [2.24, 2.45) is 0 Å². The molecule has 1 N–H and O–H groups in total. The second kappa shape index (κ2) is 6.43. The van der Waals surface area contributed by atoms with Gasteiger partial charge in [-0.2, -0.15) is 0 Å². The Hall–Kier alpha value is -2.69. The first-order chi connectivity index (χ1) is 11.5. The van der Waals surface area contributed by atoms with Crippen LogP contribution in [-0.2, 0) is 0 Å². The smallest absolute Gasteiger partial charge is 0.257 e. The van der Waals surface area contributed by atoms with E-state index in [9.17, 15) is 4.79 Å². The zero-order valence-corrected chi connectivity index (χ0v) is 14.3. The first-order valence-corrected chi connectivity index (χ1v) is 8.12. The van der Waals surface area contributed by atoms with Crippen molar-refractivity contribution < 1.29 is 9.32 Å². The summed E-state index contributed by atoms with van der Waals surface area (Å²) in [6.07, 6.45) is 1.51. The van der Waals surface area contributed by atoms with Gasteiger partial charge >= 0.3 is 0 Å². The fraction of sp³-hybridized carbons (Fsp3) is 0.316. The number of nitrogens with one attached hydrogen (secondary N) is 1. The molecule has 0 unspecified atom stereocenters. The van der Waals surface area contributed by atoms with Gasteiger partial charge in [0.2, 0.25) is 0 Å². The van der Waals surface area contributed by atoms with Crippen LogP contribution in [0.1, 0.15) is 61.1 Å². The van der Waals surface area contributed by atoms with Crippen LogP contribution >= 0.6 is 0 Å². The number of hydrogen-bond donors (Lipinski definition) is 1. The predicted octanol–water partition coefficient (Wildman–Crippen LogP) is 4.72. The molecule has 0 saturated heterocycles. The van der Waals surface area contributed by atoms with Crippen molar-refractivity contribution in [3.8, 4) is 0 Å². The molecule has 0 bridgehead atoms. The second-order valence-electron chi connectivity index (χ2n) is 6.53. The molecule has 5 nitrogen and oxygen atoms in total. The Balaban J connectivity index is 1.88. The Bertz CT molecular complexity index is 881. The number of anilines is 1. The lowest BCUT2D eigenvalue weighted by Crippen LogP contribution is -2.12. The Morgan fingerprint density at radius 2 is 1.92 bits per heavy atom. The highest BCUT2D eigenvalue weighted by molar-refractivity contribution is 6.05. The zero-order valence-electron chi connectivity index (χ0n) is 14.3. The minimum Gasteiger partial charge on any atom is -0.336 e. The van der Waals surface area contributed by atoms with Crippen LogP contribution < -0.4 is 5.32 Å². The standard InChI is InChI=1S/C19H21N3O2/c1-11(2)13-6-5-7-15(8-13)21-18(23)14-9-16-17(12(3)4)22-24-19(16)20-10-14/h5-12H,1-4H3,(H,21,23). The van der Waals surface area contributed by atoms with E-state index in [0.717, 1.165) is 16.8 Å². The SMILES string of the molecule is CC(C)c1cccc(NC(=O)c2cnc3onc(C(C)C)c3c2)c1. The summed E-state index contributed by atoms with van der Waals surface area (Å²) < 4.78 is 5.21. The van der Waals surface area contributed by atoms with Crippen LogP contribution in [0.25, 0.3) is 11.1 Å². The highest BCUT2D eigenvalue weighted by Gasteiger charge is 2.16. The van der Waals surface area contributed by atoms with E-state index >= 15 is 0 Å². The van der Waals surface area contributed by atoms with Crippen LogP contribution in [0.2, 0.25) is 0 Å². The molecule has 5 heteroatoms. The Morgan fingerprint density at radius 3 is 2.62 bits per heavy atom. The van der Waals surface area contributed by atoms with Gasteiger partial charge in [-0.05, 0) is 35.6 Å². The number of aromatic nitrogens is 2. The summed E-state index contributed by atoms with van der Waals surface area (Å²) in [5.74, 6) is 0.417. The molecular formula is C19H21N3O2. The van der Waals surface area contributed by atoms with Crippen molar-refractivity contribution in [1.82, 2.24) is 10.1 Å². The van der Waals surface area contributed by atoms with E-state index in [2.05, 4.69) is 35.4 Å². The lowest BCUT2D eigenvalue weighted by molar-refractivity contribution is 0.102. The van der Waals surface area contributed by atoms with Crippen molar-refractivity contribution in [3.63, 3.8) is 0 Å². The molecule has 0 aliphatic heterocycles. The quantitative estimate of drug-likeness (QED) is 0.754. The van der Waals surface area contributed by atoms with Gasteiger partial charge in [-0.25, -0.2) is 4.98 Å². The van der Waals surface area contributed by atoms with Crippen LogP contribution in [0.3, 0.4) is 0 Å². The average molecular weight is 323 g/mol. The third-order valence-corrected chi connectivity index (χ3v) is 3.98. The number of benzene rings is 1. The number of rotatable bonds is 4. The van der Waals surface area contributed by atoms with Gasteiger partial charge in [0.05, 0.1) is 16.6 Å². The van der Waals surface area contributed by atoms with Crippen molar-refractivity contribution in [2.75, 3.05) is 5.32 Å². The van der Waals surface area contributed by atoms with Gasteiger partial charge < -0.3 is 9.84 Å². The van der Waals surface area contributed by atoms with Crippen molar-refractivity contribution in [2.45, 2.75) is 39.5 Å². The van der Waals surface area contributed by atoms with E-state index in [1.165, 1.54) is 11.8 Å². The molecule has 1 amide bonds. The zero-order chi connectivity index (χ0) is 17.3. The minimum atomic E-state index is -0.193. The summed E-state index contributed by atoms with van der Waals surface area (Å²) in [5, 5.41) is 7.76. The molecule has 0 aliphatic rings. The number of nitrogens with zero attached hydrogens (tertiary/aromatic N) is 2. The summed E-state index contributed by atoms with van der Waals surface area (Å²) in [4.78, 5) is 16.7. The molecule has 0 spiro atoms. The highest BCUT2D eigenvalue weighted by Crippen LogP contribution is 2.24. The van der Waals surface area contributed by atoms with E-state index in [1.807, 2.05) is 32.0 Å². The van der Waals surface area contributed by atoms with Gasteiger partial charge in [-0.3, -0.25) is 4.79 Å². The summed E-state index contributed by atoms with van der Waals surface area (Å²) >= 11 is 0. The fourth-order valence-electron chi connectivity index (χ4n) is 2.57. The number of hydrogen-bond acceptors (Lipinski definition) is 4. The number of amides is 1. The lowest BCUT2D eigenvalue weighted by atomic mass is 10.0. The molecule has 2 heterocycles. The van der Waals surface area contributed by atoms with Gasteiger partial charge in [0.15, 0.2) is 0 Å². The Kier molecular flexibility index (Phi) is 4.34. The largest absolute Gasteiger partial charge is 0.336 e. The van der Waals surface area contributed by atoms with Crippen LogP contribution in [0.15, 0.2) is 41.1 Å². The monoisotopic (exact) mass is 323 g/mol. The topological polar surface area (TPSA) is 68.0 Å². The molecule has 3 rings (SSSR count). The number of fused-ring (bicyclic) bond motifs is 1. The molecule has 1 aromatic carbocycles. The summed E-state index contributed by atoms with van der Waals surface area (Å²) in [5.41, 5.74) is 3.72. The third kappa shape index (κ3) is 3.15. The van der Waals surface area contributed by atoms with E-state index < -0.39 is 0 Å². The number of carbonyl (C=O) groups is 1. The summed E-state index contributed by atoms with van der Waals surface area (Å²) in [6, 6.07) is 9.67. The van der Waals surface area contributed by atoms with Crippen molar-refractivity contribution in [3.05, 3.63) is 53.3 Å². The van der Waals surface area contributed by atoms with Crippen LogP contribution in [0.5, 0.6) is 0 Å². The molecule has 124 valence electrons. The molecule has 0 fully saturated rings. The van der Waals surface area contributed by atoms with E-state index in [1.54, 1.807) is 6.07 Å². The van der Waals surface area contributed by atoms with Crippen molar-refractivity contribution >= 4 is 22.7 Å². The summed E-state index contributed by atoms with van der Waals surface area (Å²) in [7, 11) is 0. The lowest BCUT2D eigenvalue weighted by Gasteiger charge is -2.09. The van der Waals surface area contributed by atoms with E-state index in [4.69, 9.17) is 4.52 Å². The molecule has 24 heavy (non-hydrogen) atoms. The van der Waals surface area contributed by atoms with Gasteiger partial charge in [0.25, 0.3) is 11.6 Å². The molecular weight excluding hydrogens is 302 g/mol. The molecule has 0 aliphatic carbocycles. The highest BCUT2D eigenvalue weighted by atomic mass is 16.5. The van der Waals surface area contributed by atoms with Gasteiger partial charge in [0, 0.05) is 11.9 Å². The molecule has 2 aromatic heterocycles. The number of carbonyl (C=O) groups excluding carboxylic acids is 1.